The number of hydrogen-bond donors (Lipinski definition) is 1. The van der Waals surface area contributed by atoms with Crippen molar-refractivity contribution < 1.29 is 9.90 Å². The maximum atomic E-state index is 14.1. The molecule has 3 aromatic heterocycles. The van der Waals surface area contributed by atoms with Gasteiger partial charge in [-0.05, 0) is 61.4 Å². The molecule has 1 aromatic carbocycles. The highest BCUT2D eigenvalue weighted by Gasteiger charge is 2.32. The lowest BCUT2D eigenvalue weighted by Crippen LogP contribution is -2.36. The fourth-order valence-electron chi connectivity index (χ4n) is 4.87. The molecule has 0 fully saturated rings. The topological polar surface area (TPSA) is 84.1 Å². The number of nitrogens with zero attached hydrogens (tertiary/aromatic N) is 5. The Hall–Kier alpha value is -3.52. The summed E-state index contributed by atoms with van der Waals surface area (Å²) in [4.78, 5) is 25.0. The number of thiazole rings is 1. The van der Waals surface area contributed by atoms with Gasteiger partial charge in [-0.25, -0.2) is 4.98 Å². The fourth-order valence-corrected chi connectivity index (χ4v) is 5.48. The molecule has 186 valence electrons. The van der Waals surface area contributed by atoms with Gasteiger partial charge in [0.2, 0.25) is 5.91 Å². The monoisotopic (exact) mass is 501 g/mol. The molecule has 7 nitrogen and oxygen atoms in total. The standard InChI is InChI=1S/C28H31N5O2S/c1-18(2)26-11-10-22(13-29-26)33(15-20-12-30-32(14-20)16-21-17-36-19(3)31-21)28(35)25-8-4-7-24-23(25)6-5-9-27(24)34/h5-6,9-14,17-18,25,34H,4,7-8,15-16H2,1-3H3. The largest absolute Gasteiger partial charge is 0.508 e. The summed E-state index contributed by atoms with van der Waals surface area (Å²) in [6, 6.07) is 9.48. The number of pyridine rings is 1. The van der Waals surface area contributed by atoms with E-state index in [0.29, 0.717) is 19.0 Å². The Morgan fingerprint density at radius 3 is 2.83 bits per heavy atom. The van der Waals surface area contributed by atoms with Crippen LogP contribution in [0.25, 0.3) is 0 Å². The number of anilines is 1. The molecule has 1 unspecified atom stereocenters. The van der Waals surface area contributed by atoms with Gasteiger partial charge in [-0.3, -0.25) is 14.5 Å². The van der Waals surface area contributed by atoms with Gasteiger partial charge in [-0.2, -0.15) is 5.10 Å². The van der Waals surface area contributed by atoms with E-state index >= 15 is 0 Å². The number of hydrogen-bond acceptors (Lipinski definition) is 6. The third kappa shape index (κ3) is 5.04. The Balaban J connectivity index is 1.45. The minimum Gasteiger partial charge on any atom is -0.508 e. The number of amides is 1. The van der Waals surface area contributed by atoms with E-state index in [-0.39, 0.29) is 17.6 Å². The van der Waals surface area contributed by atoms with Gasteiger partial charge in [0.05, 0.1) is 47.8 Å². The summed E-state index contributed by atoms with van der Waals surface area (Å²) >= 11 is 1.63. The van der Waals surface area contributed by atoms with Gasteiger partial charge in [-0.1, -0.05) is 26.0 Å². The molecule has 1 N–H and O–H groups in total. The Bertz CT molecular complexity index is 1360. The van der Waals surface area contributed by atoms with E-state index in [1.54, 1.807) is 23.6 Å². The number of fused-ring (bicyclic) bond motifs is 1. The molecular weight excluding hydrogens is 470 g/mol. The van der Waals surface area contributed by atoms with Crippen LogP contribution in [0, 0.1) is 6.92 Å². The van der Waals surface area contributed by atoms with Crippen molar-refractivity contribution in [2.45, 2.75) is 65.0 Å². The van der Waals surface area contributed by atoms with E-state index in [4.69, 9.17) is 0 Å². The van der Waals surface area contributed by atoms with E-state index in [1.165, 1.54) is 0 Å². The lowest BCUT2D eigenvalue weighted by Gasteiger charge is -2.31. The van der Waals surface area contributed by atoms with Crippen molar-refractivity contribution in [3.05, 3.63) is 87.4 Å². The van der Waals surface area contributed by atoms with Gasteiger partial charge in [0, 0.05) is 22.8 Å². The molecule has 4 aromatic rings. The molecule has 5 rings (SSSR count). The Morgan fingerprint density at radius 2 is 2.11 bits per heavy atom. The Labute approximate surface area is 215 Å². The predicted molar refractivity (Wildman–Crippen MR) is 141 cm³/mol. The highest BCUT2D eigenvalue weighted by molar-refractivity contribution is 7.09. The van der Waals surface area contributed by atoms with Gasteiger partial charge >= 0.3 is 0 Å². The molecule has 1 atom stereocenters. The van der Waals surface area contributed by atoms with Gasteiger partial charge in [0.15, 0.2) is 0 Å². The Morgan fingerprint density at radius 1 is 1.25 bits per heavy atom. The molecule has 0 radical (unpaired) electrons. The third-order valence-electron chi connectivity index (χ3n) is 6.74. The maximum Gasteiger partial charge on any atom is 0.234 e. The first-order valence-electron chi connectivity index (χ1n) is 12.4. The van der Waals surface area contributed by atoms with Crippen LogP contribution in [-0.2, 0) is 24.3 Å². The number of carbonyl (C=O) groups is 1. The van der Waals surface area contributed by atoms with E-state index in [1.807, 2.05) is 58.5 Å². The average molecular weight is 502 g/mol. The highest BCUT2D eigenvalue weighted by atomic mass is 32.1. The van der Waals surface area contributed by atoms with Crippen LogP contribution in [0.2, 0.25) is 0 Å². The summed E-state index contributed by atoms with van der Waals surface area (Å²) in [5, 5.41) is 18.0. The molecule has 1 aliphatic rings. The Kier molecular flexibility index (Phi) is 6.87. The van der Waals surface area contributed by atoms with E-state index in [2.05, 4.69) is 28.9 Å². The first-order valence-corrected chi connectivity index (χ1v) is 13.3. The molecule has 8 heteroatoms. The van der Waals surface area contributed by atoms with E-state index in [0.717, 1.165) is 58.0 Å². The quantitative estimate of drug-likeness (QED) is 0.358. The molecule has 1 amide bonds. The van der Waals surface area contributed by atoms with E-state index in [9.17, 15) is 9.90 Å². The first kappa shape index (κ1) is 24.2. The number of benzene rings is 1. The lowest BCUT2D eigenvalue weighted by atomic mass is 9.81. The highest BCUT2D eigenvalue weighted by Crippen LogP contribution is 2.38. The lowest BCUT2D eigenvalue weighted by molar-refractivity contribution is -0.120. The van der Waals surface area contributed by atoms with Crippen LogP contribution in [0.15, 0.2) is 54.3 Å². The summed E-state index contributed by atoms with van der Waals surface area (Å²) < 4.78 is 1.86. The molecule has 0 spiro atoms. The van der Waals surface area contributed by atoms with Crippen molar-refractivity contribution in [3.63, 3.8) is 0 Å². The molecule has 1 aliphatic carbocycles. The first-order chi connectivity index (χ1) is 17.4. The fraction of sp³-hybridized carbons (Fsp3) is 0.357. The van der Waals surface area contributed by atoms with Gasteiger partial charge in [-0.15, -0.1) is 11.3 Å². The normalized spacial score (nSPS) is 15.2. The zero-order valence-corrected chi connectivity index (χ0v) is 21.7. The van der Waals surface area contributed by atoms with Crippen LogP contribution < -0.4 is 4.90 Å². The van der Waals surface area contributed by atoms with Crippen LogP contribution >= 0.6 is 11.3 Å². The summed E-state index contributed by atoms with van der Waals surface area (Å²) in [7, 11) is 0. The van der Waals surface area contributed by atoms with Crippen LogP contribution in [0.3, 0.4) is 0 Å². The van der Waals surface area contributed by atoms with Crippen LogP contribution in [-0.4, -0.2) is 30.8 Å². The van der Waals surface area contributed by atoms with Gasteiger partial charge < -0.3 is 10.0 Å². The van der Waals surface area contributed by atoms with Crippen LogP contribution in [0.5, 0.6) is 5.75 Å². The molecule has 3 heterocycles. The number of aromatic nitrogens is 4. The van der Waals surface area contributed by atoms with Crippen LogP contribution in [0.1, 0.15) is 71.6 Å². The van der Waals surface area contributed by atoms with Crippen molar-refractivity contribution >= 4 is 22.9 Å². The van der Waals surface area contributed by atoms with Crippen molar-refractivity contribution in [2.24, 2.45) is 0 Å². The van der Waals surface area contributed by atoms with Crippen molar-refractivity contribution in [1.29, 1.82) is 0 Å². The maximum absolute atomic E-state index is 14.1. The van der Waals surface area contributed by atoms with Crippen LogP contribution in [0.4, 0.5) is 5.69 Å². The molecule has 0 bridgehead atoms. The number of phenols is 1. The number of carbonyl (C=O) groups excluding carboxylic acids is 1. The second-order valence-corrected chi connectivity index (χ2v) is 10.8. The predicted octanol–water partition coefficient (Wildman–Crippen LogP) is 5.57. The smallest absolute Gasteiger partial charge is 0.234 e. The number of phenolic OH excluding ortho intramolecular Hbond substituents is 1. The van der Waals surface area contributed by atoms with Gasteiger partial charge in [0.1, 0.15) is 5.75 Å². The van der Waals surface area contributed by atoms with Crippen molar-refractivity contribution in [2.75, 3.05) is 4.90 Å². The summed E-state index contributed by atoms with van der Waals surface area (Å²) in [5.74, 6) is 0.296. The molecular formula is C28H31N5O2S. The summed E-state index contributed by atoms with van der Waals surface area (Å²) in [5.41, 5.74) is 5.49. The van der Waals surface area contributed by atoms with Crippen molar-refractivity contribution in [3.8, 4) is 5.75 Å². The van der Waals surface area contributed by atoms with Crippen molar-refractivity contribution in [1.82, 2.24) is 19.7 Å². The molecule has 0 saturated carbocycles. The second kappa shape index (κ2) is 10.2. The molecule has 0 saturated heterocycles. The number of aryl methyl sites for hydroxylation is 1. The summed E-state index contributed by atoms with van der Waals surface area (Å²) in [6.45, 7) is 7.19. The number of rotatable bonds is 7. The second-order valence-electron chi connectivity index (χ2n) is 9.71. The molecule has 36 heavy (non-hydrogen) atoms. The van der Waals surface area contributed by atoms with E-state index < -0.39 is 0 Å². The zero-order chi connectivity index (χ0) is 25.2. The molecule has 0 aliphatic heterocycles. The van der Waals surface area contributed by atoms with Gasteiger partial charge in [0.25, 0.3) is 0 Å². The zero-order valence-electron chi connectivity index (χ0n) is 20.9. The minimum atomic E-state index is -0.307. The summed E-state index contributed by atoms with van der Waals surface area (Å²) in [6.07, 6.45) is 8.00. The number of aromatic hydroxyl groups is 1. The minimum absolute atomic E-state index is 0.0172. The SMILES string of the molecule is Cc1nc(Cn2cc(CN(C(=O)C3CCCc4c(O)cccc43)c3ccc(C(C)C)nc3)cn2)cs1. The average Bonchev–Trinajstić information content (AvgIpc) is 3.50. The third-order valence-corrected chi connectivity index (χ3v) is 7.56.